The molecule has 3 rings (SSSR count). The Bertz CT molecular complexity index is 653. The lowest BCUT2D eigenvalue weighted by atomic mass is 9.93. The van der Waals surface area contributed by atoms with Crippen molar-refractivity contribution in [2.45, 2.75) is 26.4 Å². The van der Waals surface area contributed by atoms with E-state index in [0.29, 0.717) is 0 Å². The molecule has 2 aromatic carbocycles. The van der Waals surface area contributed by atoms with E-state index in [9.17, 15) is 5.26 Å². The van der Waals surface area contributed by atoms with Crippen LogP contribution in [0, 0.1) is 18.3 Å². The Kier molecular flexibility index (Phi) is 3.54. The summed E-state index contributed by atoms with van der Waals surface area (Å²) in [6, 6.07) is 17.1. The standard InChI is InChI=1S/C18H18N2/c1-14-9-16-7-8-20(12-15-5-3-2-4-6-15)13-18(16)17(10-14)11-19/h2-6,9-10H,7-8,12-13H2,1H3. The van der Waals surface area contributed by atoms with Gasteiger partial charge in [0.25, 0.3) is 0 Å². The maximum Gasteiger partial charge on any atom is 0.0995 e. The molecule has 2 nitrogen and oxygen atoms in total. The summed E-state index contributed by atoms with van der Waals surface area (Å²) in [5.74, 6) is 0. The molecule has 2 heteroatoms. The summed E-state index contributed by atoms with van der Waals surface area (Å²) in [7, 11) is 0. The lowest BCUT2D eigenvalue weighted by Gasteiger charge is -2.29. The fraction of sp³-hybridized carbons (Fsp3) is 0.278. The number of nitrogens with zero attached hydrogens (tertiary/aromatic N) is 2. The van der Waals surface area contributed by atoms with Crippen molar-refractivity contribution < 1.29 is 0 Å². The van der Waals surface area contributed by atoms with Gasteiger partial charge in [-0.15, -0.1) is 0 Å². The highest BCUT2D eigenvalue weighted by molar-refractivity contribution is 5.46. The lowest BCUT2D eigenvalue weighted by Crippen LogP contribution is -2.30. The Hall–Kier alpha value is -2.11. The third kappa shape index (κ3) is 2.59. The van der Waals surface area contributed by atoms with Gasteiger partial charge in [0.15, 0.2) is 0 Å². The minimum Gasteiger partial charge on any atom is -0.294 e. The van der Waals surface area contributed by atoms with Gasteiger partial charge in [0.05, 0.1) is 11.6 Å². The Labute approximate surface area is 120 Å². The molecule has 0 saturated carbocycles. The first-order chi connectivity index (χ1) is 9.76. The van der Waals surface area contributed by atoms with Crippen LogP contribution in [0.1, 0.15) is 27.8 Å². The average Bonchev–Trinajstić information content (AvgIpc) is 2.48. The fourth-order valence-electron chi connectivity index (χ4n) is 2.96. The molecule has 0 aliphatic carbocycles. The van der Waals surface area contributed by atoms with Crippen LogP contribution in [0.25, 0.3) is 0 Å². The molecule has 0 spiro atoms. The van der Waals surface area contributed by atoms with Gasteiger partial charge < -0.3 is 0 Å². The highest BCUT2D eigenvalue weighted by Crippen LogP contribution is 2.25. The second-order valence-corrected chi connectivity index (χ2v) is 5.51. The molecule has 0 atom stereocenters. The van der Waals surface area contributed by atoms with E-state index in [0.717, 1.165) is 31.6 Å². The Morgan fingerprint density at radius 2 is 2.00 bits per heavy atom. The molecule has 0 aromatic heterocycles. The van der Waals surface area contributed by atoms with Crippen molar-refractivity contribution in [1.82, 2.24) is 4.90 Å². The predicted octanol–water partition coefficient (Wildman–Crippen LogP) is 3.43. The zero-order chi connectivity index (χ0) is 13.9. The van der Waals surface area contributed by atoms with Crippen LogP contribution >= 0.6 is 0 Å². The van der Waals surface area contributed by atoms with E-state index in [1.165, 1.54) is 22.3 Å². The molecular formula is C18H18N2. The van der Waals surface area contributed by atoms with Gasteiger partial charge in [0, 0.05) is 19.6 Å². The molecular weight excluding hydrogens is 244 g/mol. The SMILES string of the molecule is Cc1cc(C#N)c2c(c1)CCN(Cc1ccccc1)C2. The maximum absolute atomic E-state index is 9.33. The smallest absolute Gasteiger partial charge is 0.0995 e. The van der Waals surface area contributed by atoms with E-state index >= 15 is 0 Å². The highest BCUT2D eigenvalue weighted by Gasteiger charge is 2.19. The van der Waals surface area contributed by atoms with Crippen molar-refractivity contribution >= 4 is 0 Å². The summed E-state index contributed by atoms with van der Waals surface area (Å²) >= 11 is 0. The average molecular weight is 262 g/mol. The summed E-state index contributed by atoms with van der Waals surface area (Å²) in [5, 5.41) is 9.33. The molecule has 20 heavy (non-hydrogen) atoms. The maximum atomic E-state index is 9.33. The molecule has 1 aliphatic heterocycles. The minimum atomic E-state index is 0.845. The third-order valence-corrected chi connectivity index (χ3v) is 3.94. The molecule has 0 N–H and O–H groups in total. The second kappa shape index (κ2) is 5.48. The fourth-order valence-corrected chi connectivity index (χ4v) is 2.96. The van der Waals surface area contributed by atoms with Crippen LogP contribution < -0.4 is 0 Å². The largest absolute Gasteiger partial charge is 0.294 e. The molecule has 1 aliphatic rings. The monoisotopic (exact) mass is 262 g/mol. The number of rotatable bonds is 2. The van der Waals surface area contributed by atoms with Crippen molar-refractivity contribution in [2.24, 2.45) is 0 Å². The van der Waals surface area contributed by atoms with E-state index in [1.54, 1.807) is 0 Å². The molecule has 0 unspecified atom stereocenters. The van der Waals surface area contributed by atoms with Gasteiger partial charge in [-0.3, -0.25) is 4.90 Å². The van der Waals surface area contributed by atoms with E-state index in [1.807, 2.05) is 12.1 Å². The minimum absolute atomic E-state index is 0.845. The number of benzene rings is 2. The van der Waals surface area contributed by atoms with Crippen molar-refractivity contribution in [3.05, 3.63) is 70.3 Å². The van der Waals surface area contributed by atoms with Crippen LogP contribution in [-0.4, -0.2) is 11.4 Å². The molecule has 1 heterocycles. The molecule has 2 aromatic rings. The lowest BCUT2D eigenvalue weighted by molar-refractivity contribution is 0.245. The van der Waals surface area contributed by atoms with Crippen LogP contribution in [0.5, 0.6) is 0 Å². The first-order valence-corrected chi connectivity index (χ1v) is 7.05. The summed E-state index contributed by atoms with van der Waals surface area (Å²) < 4.78 is 0. The van der Waals surface area contributed by atoms with E-state index in [-0.39, 0.29) is 0 Å². The van der Waals surface area contributed by atoms with Crippen LogP contribution in [0.3, 0.4) is 0 Å². The molecule has 0 saturated heterocycles. The van der Waals surface area contributed by atoms with Gasteiger partial charge >= 0.3 is 0 Å². The van der Waals surface area contributed by atoms with Crippen LogP contribution in [0.2, 0.25) is 0 Å². The molecule has 100 valence electrons. The topological polar surface area (TPSA) is 27.0 Å². The first-order valence-electron chi connectivity index (χ1n) is 7.05. The Morgan fingerprint density at radius 3 is 2.75 bits per heavy atom. The molecule has 0 amide bonds. The summed E-state index contributed by atoms with van der Waals surface area (Å²) in [6.45, 7) is 4.97. The van der Waals surface area contributed by atoms with Gasteiger partial charge in [-0.05, 0) is 41.7 Å². The Balaban J connectivity index is 1.83. The predicted molar refractivity (Wildman–Crippen MR) is 80.2 cm³/mol. The van der Waals surface area contributed by atoms with Crippen molar-refractivity contribution in [1.29, 1.82) is 5.26 Å². The van der Waals surface area contributed by atoms with Gasteiger partial charge in [-0.1, -0.05) is 36.4 Å². The third-order valence-electron chi connectivity index (χ3n) is 3.94. The molecule has 0 radical (unpaired) electrons. The highest BCUT2D eigenvalue weighted by atomic mass is 15.1. The quantitative estimate of drug-likeness (QED) is 0.829. The van der Waals surface area contributed by atoms with Crippen molar-refractivity contribution in [3.63, 3.8) is 0 Å². The summed E-state index contributed by atoms with van der Waals surface area (Å²) in [5.41, 5.74) is 5.95. The normalized spacial score (nSPS) is 14.6. The number of hydrogen-bond donors (Lipinski definition) is 0. The summed E-state index contributed by atoms with van der Waals surface area (Å²) in [4.78, 5) is 2.42. The molecule has 0 bridgehead atoms. The number of hydrogen-bond acceptors (Lipinski definition) is 2. The van der Waals surface area contributed by atoms with E-state index in [4.69, 9.17) is 0 Å². The summed E-state index contributed by atoms with van der Waals surface area (Å²) in [6.07, 6.45) is 1.04. The molecule has 0 fully saturated rings. The number of fused-ring (bicyclic) bond motifs is 1. The van der Waals surface area contributed by atoms with Gasteiger partial charge in [-0.25, -0.2) is 0 Å². The zero-order valence-electron chi connectivity index (χ0n) is 11.8. The zero-order valence-corrected chi connectivity index (χ0v) is 11.8. The van der Waals surface area contributed by atoms with Crippen molar-refractivity contribution in [2.75, 3.05) is 6.54 Å². The first kappa shape index (κ1) is 12.9. The Morgan fingerprint density at radius 1 is 1.20 bits per heavy atom. The number of aryl methyl sites for hydroxylation is 1. The van der Waals surface area contributed by atoms with Crippen LogP contribution in [-0.2, 0) is 19.5 Å². The van der Waals surface area contributed by atoms with E-state index in [2.05, 4.69) is 48.2 Å². The number of nitriles is 1. The van der Waals surface area contributed by atoms with Crippen LogP contribution in [0.15, 0.2) is 42.5 Å². The van der Waals surface area contributed by atoms with Gasteiger partial charge in [0.1, 0.15) is 0 Å². The van der Waals surface area contributed by atoms with Gasteiger partial charge in [-0.2, -0.15) is 5.26 Å². The van der Waals surface area contributed by atoms with Gasteiger partial charge in [0.2, 0.25) is 0 Å². The van der Waals surface area contributed by atoms with E-state index < -0.39 is 0 Å². The second-order valence-electron chi connectivity index (χ2n) is 5.51. The van der Waals surface area contributed by atoms with Crippen molar-refractivity contribution in [3.8, 4) is 6.07 Å². The van der Waals surface area contributed by atoms with Crippen LogP contribution in [0.4, 0.5) is 0 Å².